The number of ether oxygens (including phenoxy) is 2. The number of fused-ring (bicyclic) bond motifs is 2. The van der Waals surface area contributed by atoms with Crippen molar-refractivity contribution in [3.63, 3.8) is 0 Å². The fraction of sp³-hybridized carbons (Fsp3) is 0.120. The van der Waals surface area contributed by atoms with Gasteiger partial charge in [-0.2, -0.15) is 4.98 Å². The molecule has 1 aliphatic rings. The zero-order valence-electron chi connectivity index (χ0n) is 16.5. The van der Waals surface area contributed by atoms with Gasteiger partial charge in [-0.3, -0.25) is 0 Å². The first-order chi connectivity index (χ1) is 14.8. The molecule has 0 radical (unpaired) electrons. The molecule has 0 saturated carbocycles. The molecular weight excluding hydrogens is 392 g/mol. The number of nitrogens with zero attached hydrogens (tertiary/aromatic N) is 2. The van der Waals surface area contributed by atoms with E-state index in [1.165, 1.54) is 5.56 Å². The molecule has 0 bridgehead atoms. The van der Waals surface area contributed by atoms with Gasteiger partial charge in [-0.25, -0.2) is 4.98 Å². The van der Waals surface area contributed by atoms with E-state index < -0.39 is 0 Å². The number of hydrogen-bond donors (Lipinski definition) is 0. The summed E-state index contributed by atoms with van der Waals surface area (Å²) < 4.78 is 11.5. The Hall–Kier alpha value is -3.31. The first-order valence-electron chi connectivity index (χ1n) is 9.78. The fourth-order valence-corrected chi connectivity index (χ4v) is 4.42. The number of thioether (sulfide) groups is 1. The van der Waals surface area contributed by atoms with Gasteiger partial charge < -0.3 is 9.47 Å². The highest BCUT2D eigenvalue weighted by Gasteiger charge is 2.24. The van der Waals surface area contributed by atoms with Crippen LogP contribution in [0.4, 0.5) is 0 Å². The highest BCUT2D eigenvalue weighted by molar-refractivity contribution is 7.98. The largest absolute Gasteiger partial charge is 0.497 e. The molecule has 0 unspecified atom stereocenters. The predicted molar refractivity (Wildman–Crippen MR) is 119 cm³/mol. The molecule has 0 saturated heterocycles. The number of methoxy groups -OCH3 is 1. The second-order valence-corrected chi connectivity index (χ2v) is 7.99. The van der Waals surface area contributed by atoms with Gasteiger partial charge in [0.25, 0.3) is 0 Å². The molecule has 0 aliphatic carbocycles. The summed E-state index contributed by atoms with van der Waals surface area (Å²) in [6, 6.07) is 26.3. The van der Waals surface area contributed by atoms with Gasteiger partial charge in [0.15, 0.2) is 5.82 Å². The molecule has 0 amide bonds. The van der Waals surface area contributed by atoms with Gasteiger partial charge in [-0.1, -0.05) is 48.5 Å². The van der Waals surface area contributed by atoms with E-state index in [1.54, 1.807) is 18.9 Å². The maximum Gasteiger partial charge on any atom is 0.227 e. The third kappa shape index (κ3) is 3.76. The Bertz CT molecular complexity index is 1180. The van der Waals surface area contributed by atoms with Crippen LogP contribution in [0.3, 0.4) is 0 Å². The van der Waals surface area contributed by atoms with Crippen molar-refractivity contribution in [1.29, 1.82) is 0 Å². The minimum absolute atomic E-state index is 0.644. The highest BCUT2D eigenvalue weighted by atomic mass is 32.2. The van der Waals surface area contributed by atoms with E-state index in [4.69, 9.17) is 19.4 Å². The minimum atomic E-state index is 0.644. The topological polar surface area (TPSA) is 44.2 Å². The van der Waals surface area contributed by atoms with Crippen LogP contribution in [0.2, 0.25) is 0 Å². The van der Waals surface area contributed by atoms with Gasteiger partial charge in [0.1, 0.15) is 16.5 Å². The lowest BCUT2D eigenvalue weighted by Crippen LogP contribution is -2.09. The quantitative estimate of drug-likeness (QED) is 0.256. The SMILES string of the molecule is COc1ccc(-c2nc3c(c(SCc4ccccc4)n2)Cc2ccccc2O3)cc1. The Morgan fingerprint density at radius 2 is 1.67 bits per heavy atom. The second kappa shape index (κ2) is 8.20. The van der Waals surface area contributed by atoms with Gasteiger partial charge >= 0.3 is 0 Å². The molecule has 148 valence electrons. The number of rotatable bonds is 5. The van der Waals surface area contributed by atoms with E-state index in [0.29, 0.717) is 11.7 Å². The van der Waals surface area contributed by atoms with Crippen LogP contribution in [0.25, 0.3) is 11.4 Å². The van der Waals surface area contributed by atoms with Crippen molar-refractivity contribution in [3.05, 3.63) is 95.6 Å². The molecule has 30 heavy (non-hydrogen) atoms. The number of aromatic nitrogens is 2. The molecule has 5 heteroatoms. The zero-order chi connectivity index (χ0) is 20.3. The molecule has 3 aromatic carbocycles. The maximum atomic E-state index is 6.19. The molecule has 2 heterocycles. The first-order valence-corrected chi connectivity index (χ1v) is 10.8. The van der Waals surface area contributed by atoms with Crippen LogP contribution < -0.4 is 9.47 Å². The summed E-state index contributed by atoms with van der Waals surface area (Å²) in [6.07, 6.45) is 0.769. The van der Waals surface area contributed by atoms with Crippen LogP contribution >= 0.6 is 11.8 Å². The molecule has 0 N–H and O–H groups in total. The fourth-order valence-electron chi connectivity index (χ4n) is 3.44. The van der Waals surface area contributed by atoms with Crippen LogP contribution in [-0.2, 0) is 12.2 Å². The third-order valence-electron chi connectivity index (χ3n) is 5.04. The Labute approximate surface area is 179 Å². The lowest BCUT2D eigenvalue weighted by Gasteiger charge is -2.21. The van der Waals surface area contributed by atoms with E-state index in [9.17, 15) is 0 Å². The summed E-state index contributed by atoms with van der Waals surface area (Å²) in [5.41, 5.74) is 4.40. The summed E-state index contributed by atoms with van der Waals surface area (Å²) in [5, 5.41) is 0.962. The van der Waals surface area contributed by atoms with E-state index in [0.717, 1.165) is 45.4 Å². The Morgan fingerprint density at radius 1 is 0.900 bits per heavy atom. The summed E-state index contributed by atoms with van der Waals surface area (Å²) in [4.78, 5) is 9.70. The number of benzene rings is 3. The van der Waals surface area contributed by atoms with Crippen molar-refractivity contribution in [2.45, 2.75) is 17.2 Å². The molecule has 4 aromatic rings. The average Bonchev–Trinajstić information content (AvgIpc) is 2.82. The van der Waals surface area contributed by atoms with Crippen molar-refractivity contribution in [1.82, 2.24) is 9.97 Å². The van der Waals surface area contributed by atoms with Gasteiger partial charge in [0.2, 0.25) is 5.88 Å². The van der Waals surface area contributed by atoms with Crippen LogP contribution in [0.5, 0.6) is 17.4 Å². The van der Waals surface area contributed by atoms with Gasteiger partial charge in [0, 0.05) is 17.7 Å². The first kappa shape index (κ1) is 18.7. The van der Waals surface area contributed by atoms with Crippen LogP contribution in [0, 0.1) is 0 Å². The van der Waals surface area contributed by atoms with Gasteiger partial charge in [0.05, 0.1) is 12.7 Å². The maximum absolute atomic E-state index is 6.19. The summed E-state index contributed by atoms with van der Waals surface area (Å²) in [5.74, 6) is 3.81. The van der Waals surface area contributed by atoms with Gasteiger partial charge in [-0.15, -0.1) is 11.8 Å². The standard InChI is InChI=1S/C25H20N2O2S/c1-28-20-13-11-18(12-14-20)23-26-24-21(15-19-9-5-6-10-22(19)29-24)25(27-23)30-16-17-7-3-2-4-8-17/h2-14H,15-16H2,1H3. The Morgan fingerprint density at radius 3 is 2.47 bits per heavy atom. The molecule has 0 fully saturated rings. The lowest BCUT2D eigenvalue weighted by atomic mass is 10.0. The predicted octanol–water partition coefficient (Wildman–Crippen LogP) is 6.14. The normalized spacial score (nSPS) is 11.9. The summed E-state index contributed by atoms with van der Waals surface area (Å²) >= 11 is 1.72. The molecule has 4 nitrogen and oxygen atoms in total. The molecule has 1 aliphatic heterocycles. The van der Waals surface area contributed by atoms with Crippen molar-refractivity contribution in [2.24, 2.45) is 0 Å². The van der Waals surface area contributed by atoms with E-state index in [1.807, 2.05) is 48.5 Å². The monoisotopic (exact) mass is 412 g/mol. The van der Waals surface area contributed by atoms with Crippen molar-refractivity contribution < 1.29 is 9.47 Å². The lowest BCUT2D eigenvalue weighted by molar-refractivity contribution is 0.415. The van der Waals surface area contributed by atoms with Crippen LogP contribution in [-0.4, -0.2) is 17.1 Å². The summed E-state index contributed by atoms with van der Waals surface area (Å²) in [6.45, 7) is 0. The number of para-hydroxylation sites is 1. The van der Waals surface area contributed by atoms with Crippen LogP contribution in [0.15, 0.2) is 83.9 Å². The summed E-state index contributed by atoms with van der Waals surface area (Å²) in [7, 11) is 1.66. The molecular formula is C25H20N2O2S. The van der Waals surface area contributed by atoms with Crippen molar-refractivity contribution >= 4 is 11.8 Å². The van der Waals surface area contributed by atoms with Crippen molar-refractivity contribution in [2.75, 3.05) is 7.11 Å². The molecule has 0 spiro atoms. The van der Waals surface area contributed by atoms with Crippen molar-refractivity contribution in [3.8, 4) is 28.8 Å². The molecule has 0 atom stereocenters. The molecule has 5 rings (SSSR count). The Kier molecular flexibility index (Phi) is 5.11. The van der Waals surface area contributed by atoms with Crippen LogP contribution in [0.1, 0.15) is 16.7 Å². The molecule has 1 aromatic heterocycles. The van der Waals surface area contributed by atoms with E-state index in [-0.39, 0.29) is 0 Å². The third-order valence-corrected chi connectivity index (χ3v) is 6.13. The smallest absolute Gasteiger partial charge is 0.227 e. The van der Waals surface area contributed by atoms with Gasteiger partial charge in [-0.05, 0) is 41.5 Å². The number of hydrogen-bond acceptors (Lipinski definition) is 5. The average molecular weight is 413 g/mol. The zero-order valence-corrected chi connectivity index (χ0v) is 17.4. The second-order valence-electron chi connectivity index (χ2n) is 7.03. The Balaban J connectivity index is 1.54. The highest BCUT2D eigenvalue weighted by Crippen LogP contribution is 2.41. The minimum Gasteiger partial charge on any atom is -0.497 e. The van der Waals surface area contributed by atoms with E-state index >= 15 is 0 Å². The van der Waals surface area contributed by atoms with E-state index in [2.05, 4.69) is 30.3 Å².